The van der Waals surface area contributed by atoms with Crippen LogP contribution in [0, 0.1) is 0 Å². The maximum atomic E-state index is 13.2. The van der Waals surface area contributed by atoms with Gasteiger partial charge in [0.05, 0.1) is 12.6 Å². The summed E-state index contributed by atoms with van der Waals surface area (Å²) < 4.78 is 0. The minimum atomic E-state index is -1.58. The van der Waals surface area contributed by atoms with Crippen LogP contribution in [0.25, 0.3) is 0 Å². The number of aliphatic hydroxyl groups excluding tert-OH is 1. The molecule has 0 aliphatic carbocycles. The molecule has 4 unspecified atom stereocenters. The summed E-state index contributed by atoms with van der Waals surface area (Å²) in [4.78, 5) is 49.5. The largest absolute Gasteiger partial charge is 0.508 e. The van der Waals surface area contributed by atoms with E-state index < -0.39 is 47.9 Å². The average Bonchev–Trinajstić information content (AvgIpc) is 2.82. The predicted octanol–water partition coefficient (Wildman–Crippen LogP) is -0.944. The van der Waals surface area contributed by atoms with E-state index in [4.69, 9.17) is 5.73 Å². The van der Waals surface area contributed by atoms with Crippen molar-refractivity contribution in [2.24, 2.45) is 5.73 Å². The molecule has 0 heterocycles. The number of amides is 3. The summed E-state index contributed by atoms with van der Waals surface area (Å²) in [6.07, 6.45) is -1.31. The number of carbonyl (C=O) groups is 4. The van der Waals surface area contributed by atoms with Crippen LogP contribution in [0.3, 0.4) is 0 Å². The first-order chi connectivity index (χ1) is 16.6. The Bertz CT molecular complexity index is 1010. The maximum Gasteiger partial charge on any atom is 0.328 e. The molecular formula is C24H30N4O7. The number of rotatable bonds is 12. The van der Waals surface area contributed by atoms with Gasteiger partial charge in [0.25, 0.3) is 0 Å². The van der Waals surface area contributed by atoms with E-state index in [2.05, 4.69) is 16.0 Å². The fourth-order valence-electron chi connectivity index (χ4n) is 3.30. The van der Waals surface area contributed by atoms with Crippen molar-refractivity contribution in [3.05, 3.63) is 65.7 Å². The quantitative estimate of drug-likeness (QED) is 0.200. The van der Waals surface area contributed by atoms with E-state index in [1.54, 1.807) is 42.5 Å². The number of nitrogens with two attached hydrogens (primary N) is 1. The van der Waals surface area contributed by atoms with Crippen LogP contribution in [0.4, 0.5) is 0 Å². The fourth-order valence-corrected chi connectivity index (χ4v) is 3.30. The molecule has 0 saturated carbocycles. The Labute approximate surface area is 202 Å². The van der Waals surface area contributed by atoms with Gasteiger partial charge in [-0.15, -0.1) is 0 Å². The lowest BCUT2D eigenvalue weighted by atomic mass is 10.0. The number of phenols is 1. The number of nitrogens with one attached hydrogen (secondary N) is 3. The second-order valence-electron chi connectivity index (χ2n) is 8.01. The molecule has 0 aliphatic heterocycles. The highest BCUT2D eigenvalue weighted by Crippen LogP contribution is 2.12. The maximum absolute atomic E-state index is 13.2. The summed E-state index contributed by atoms with van der Waals surface area (Å²) in [6, 6.07) is 10.9. The monoisotopic (exact) mass is 486 g/mol. The molecule has 0 saturated heterocycles. The predicted molar refractivity (Wildman–Crippen MR) is 126 cm³/mol. The van der Waals surface area contributed by atoms with Gasteiger partial charge in [0.1, 0.15) is 17.8 Å². The van der Waals surface area contributed by atoms with Crippen molar-refractivity contribution in [1.29, 1.82) is 0 Å². The van der Waals surface area contributed by atoms with Gasteiger partial charge < -0.3 is 37.0 Å². The van der Waals surface area contributed by atoms with Gasteiger partial charge in [-0.1, -0.05) is 42.5 Å². The number of benzene rings is 2. The molecule has 11 nitrogen and oxygen atoms in total. The summed E-state index contributed by atoms with van der Waals surface area (Å²) in [5, 5.41) is 35.9. The molecule has 0 aliphatic rings. The molecular weight excluding hydrogens is 456 g/mol. The molecule has 0 bridgehead atoms. The van der Waals surface area contributed by atoms with Crippen LogP contribution in [0.1, 0.15) is 18.1 Å². The van der Waals surface area contributed by atoms with E-state index in [-0.39, 0.29) is 25.1 Å². The third-order valence-corrected chi connectivity index (χ3v) is 5.18. The molecule has 0 aromatic heterocycles. The molecule has 0 fully saturated rings. The summed E-state index contributed by atoms with van der Waals surface area (Å²) in [7, 11) is 0. The van der Waals surface area contributed by atoms with Crippen LogP contribution in [0.2, 0.25) is 0 Å². The zero-order chi connectivity index (χ0) is 26.0. The van der Waals surface area contributed by atoms with Crippen LogP contribution in [-0.4, -0.2) is 69.8 Å². The molecule has 2 rings (SSSR count). The second kappa shape index (κ2) is 13.1. The topological polar surface area (TPSA) is 191 Å². The minimum Gasteiger partial charge on any atom is -0.508 e. The van der Waals surface area contributed by atoms with Gasteiger partial charge in [-0.3, -0.25) is 14.4 Å². The second-order valence-corrected chi connectivity index (χ2v) is 8.01. The Balaban J connectivity index is 2.27. The number of aliphatic hydroxyl groups is 1. The lowest BCUT2D eigenvalue weighted by Gasteiger charge is -2.25. The summed E-state index contributed by atoms with van der Waals surface area (Å²) in [5.41, 5.74) is 6.70. The fraction of sp³-hybridized carbons (Fsp3) is 0.333. The first-order valence-corrected chi connectivity index (χ1v) is 10.9. The highest BCUT2D eigenvalue weighted by atomic mass is 16.4. The van der Waals surface area contributed by atoms with E-state index >= 15 is 0 Å². The molecule has 2 aromatic rings. The zero-order valence-electron chi connectivity index (χ0n) is 19.2. The third-order valence-electron chi connectivity index (χ3n) is 5.18. The minimum absolute atomic E-state index is 0.0291. The standard InChI is InChI=1S/C24H30N4O7/c1-14(29)21(24(34)35)28-23(33)19(11-15-5-3-2-4-6-15)27-22(32)18(26-20(31)13-25)12-16-7-9-17(30)10-8-16/h2-10,14,18-19,21,29-30H,11-13,25H2,1H3,(H,26,31)(H,27,32)(H,28,33)(H,34,35). The van der Waals surface area contributed by atoms with Crippen LogP contribution < -0.4 is 21.7 Å². The van der Waals surface area contributed by atoms with Crippen LogP contribution in [0.5, 0.6) is 5.75 Å². The first-order valence-electron chi connectivity index (χ1n) is 10.9. The van der Waals surface area contributed by atoms with Gasteiger partial charge in [-0.05, 0) is 30.2 Å². The summed E-state index contributed by atoms with van der Waals surface area (Å²) in [6.45, 7) is 0.863. The van der Waals surface area contributed by atoms with E-state index in [1.807, 2.05) is 0 Å². The molecule has 35 heavy (non-hydrogen) atoms. The van der Waals surface area contributed by atoms with Crippen LogP contribution in [0.15, 0.2) is 54.6 Å². The summed E-state index contributed by atoms with van der Waals surface area (Å²) in [5.74, 6) is -3.50. The number of carbonyl (C=O) groups excluding carboxylic acids is 3. The lowest BCUT2D eigenvalue weighted by molar-refractivity contribution is -0.145. The van der Waals surface area contributed by atoms with E-state index in [0.717, 1.165) is 0 Å². The Morgan fingerprint density at radius 3 is 1.86 bits per heavy atom. The number of aliphatic carboxylic acids is 1. The Kier molecular flexibility index (Phi) is 10.2. The van der Waals surface area contributed by atoms with Crippen molar-refractivity contribution in [2.45, 2.75) is 44.0 Å². The van der Waals surface area contributed by atoms with Crippen LogP contribution in [-0.2, 0) is 32.0 Å². The number of carboxylic acid groups (broad SMARTS) is 1. The van der Waals surface area contributed by atoms with Crippen LogP contribution >= 0.6 is 0 Å². The summed E-state index contributed by atoms with van der Waals surface area (Å²) >= 11 is 0. The highest BCUT2D eigenvalue weighted by molar-refractivity contribution is 5.94. The van der Waals surface area contributed by atoms with Gasteiger partial charge in [0.15, 0.2) is 6.04 Å². The molecule has 3 amide bonds. The van der Waals surface area contributed by atoms with Gasteiger partial charge >= 0.3 is 5.97 Å². The smallest absolute Gasteiger partial charge is 0.328 e. The molecule has 8 N–H and O–H groups in total. The van der Waals surface area contributed by atoms with Gasteiger partial charge in [-0.2, -0.15) is 0 Å². The molecule has 4 atom stereocenters. The Morgan fingerprint density at radius 2 is 1.34 bits per heavy atom. The van der Waals surface area contributed by atoms with E-state index in [9.17, 15) is 34.5 Å². The molecule has 0 radical (unpaired) electrons. The van der Waals surface area contributed by atoms with E-state index in [0.29, 0.717) is 11.1 Å². The molecule has 11 heteroatoms. The zero-order valence-corrected chi connectivity index (χ0v) is 19.2. The Morgan fingerprint density at radius 1 is 0.829 bits per heavy atom. The highest BCUT2D eigenvalue weighted by Gasteiger charge is 2.31. The molecule has 0 spiro atoms. The number of hydrogen-bond acceptors (Lipinski definition) is 7. The van der Waals surface area contributed by atoms with Crippen molar-refractivity contribution in [2.75, 3.05) is 6.54 Å². The first kappa shape index (κ1) is 27.3. The molecule has 2 aromatic carbocycles. The number of phenolic OH excluding ortho intramolecular Hbond substituents is 1. The number of aromatic hydroxyl groups is 1. The average molecular weight is 487 g/mol. The van der Waals surface area contributed by atoms with Gasteiger partial charge in [0, 0.05) is 12.8 Å². The number of carboxylic acids is 1. The lowest BCUT2D eigenvalue weighted by Crippen LogP contribution is -2.58. The van der Waals surface area contributed by atoms with Gasteiger partial charge in [0.2, 0.25) is 17.7 Å². The SMILES string of the molecule is CC(O)C(NC(=O)C(Cc1ccccc1)NC(=O)C(Cc1ccc(O)cc1)NC(=O)CN)C(=O)O. The van der Waals surface area contributed by atoms with E-state index in [1.165, 1.54) is 19.1 Å². The third kappa shape index (κ3) is 8.72. The Hall–Kier alpha value is -3.96. The van der Waals surface area contributed by atoms with Crippen molar-refractivity contribution < 1.29 is 34.5 Å². The van der Waals surface area contributed by atoms with Crippen molar-refractivity contribution >= 4 is 23.7 Å². The van der Waals surface area contributed by atoms with Crippen molar-refractivity contribution in [1.82, 2.24) is 16.0 Å². The number of hydrogen-bond donors (Lipinski definition) is 7. The van der Waals surface area contributed by atoms with Gasteiger partial charge in [-0.25, -0.2) is 4.79 Å². The molecule has 188 valence electrons. The normalized spacial score (nSPS) is 14.1. The van der Waals surface area contributed by atoms with Crippen molar-refractivity contribution in [3.63, 3.8) is 0 Å². The van der Waals surface area contributed by atoms with Crippen molar-refractivity contribution in [3.8, 4) is 5.75 Å².